The second-order valence-corrected chi connectivity index (χ2v) is 6.13. The monoisotopic (exact) mass is 355 g/mol. The number of aliphatic imine (C=N–C) groups is 1. The second-order valence-electron chi connectivity index (χ2n) is 5.72. The Morgan fingerprint density at radius 1 is 1.16 bits per heavy atom. The molecule has 0 aliphatic carbocycles. The first-order chi connectivity index (χ1) is 12.0. The van der Waals surface area contributed by atoms with Gasteiger partial charge in [-0.2, -0.15) is 0 Å². The van der Waals surface area contributed by atoms with Gasteiger partial charge in [0, 0.05) is 22.0 Å². The van der Waals surface area contributed by atoms with E-state index in [1.807, 2.05) is 50.2 Å². The minimum absolute atomic E-state index is 0.435. The Bertz CT molecular complexity index is 890. The Hall–Kier alpha value is -2.66. The smallest absolute Gasteiger partial charge is 0.338 e. The van der Waals surface area contributed by atoms with E-state index in [0.29, 0.717) is 27.8 Å². The summed E-state index contributed by atoms with van der Waals surface area (Å²) < 4.78 is 4.95. The zero-order valence-electron chi connectivity index (χ0n) is 14.2. The van der Waals surface area contributed by atoms with Gasteiger partial charge in [-0.15, -0.1) is 0 Å². The molecule has 25 heavy (non-hydrogen) atoms. The summed E-state index contributed by atoms with van der Waals surface area (Å²) in [6.07, 6.45) is 0. The van der Waals surface area contributed by atoms with Gasteiger partial charge in [0.25, 0.3) is 0 Å². The number of rotatable bonds is 3. The number of ether oxygens (including phenoxy) is 1. The van der Waals surface area contributed by atoms with Crippen LogP contribution in [0.2, 0.25) is 5.02 Å². The van der Waals surface area contributed by atoms with Crippen LogP contribution in [0.3, 0.4) is 0 Å². The average Bonchev–Trinajstić information content (AvgIpc) is 2.61. The molecule has 1 atom stereocenters. The molecule has 1 aromatic heterocycles. The minimum Gasteiger partial charge on any atom is -0.466 e. The van der Waals surface area contributed by atoms with Crippen molar-refractivity contribution < 1.29 is 9.53 Å². The molecule has 1 aromatic carbocycles. The first-order valence-corrected chi connectivity index (χ1v) is 8.21. The van der Waals surface area contributed by atoms with Gasteiger partial charge >= 0.3 is 5.97 Å². The first kappa shape index (κ1) is 17.2. The number of amidine groups is 1. The van der Waals surface area contributed by atoms with Gasteiger partial charge in [0.05, 0.1) is 12.7 Å². The predicted molar refractivity (Wildman–Crippen MR) is 97.6 cm³/mol. The van der Waals surface area contributed by atoms with Crippen molar-refractivity contribution in [2.24, 2.45) is 4.99 Å². The molecular weight excluding hydrogens is 338 g/mol. The van der Waals surface area contributed by atoms with Crippen molar-refractivity contribution in [1.29, 1.82) is 0 Å². The lowest BCUT2D eigenvalue weighted by Gasteiger charge is -2.26. The van der Waals surface area contributed by atoms with Crippen LogP contribution < -0.4 is 5.32 Å². The van der Waals surface area contributed by atoms with E-state index < -0.39 is 12.0 Å². The summed E-state index contributed by atoms with van der Waals surface area (Å²) in [5.41, 5.74) is 3.45. The molecule has 1 unspecified atom stereocenters. The molecule has 0 amide bonds. The summed E-state index contributed by atoms with van der Waals surface area (Å²) >= 11 is 6.36. The fraction of sp³-hybridized carbons (Fsp3) is 0.211. The molecule has 0 fully saturated rings. The third-order valence-corrected chi connectivity index (χ3v) is 4.32. The summed E-state index contributed by atoms with van der Waals surface area (Å²) in [7, 11) is 1.35. The van der Waals surface area contributed by atoms with Crippen LogP contribution in [-0.4, -0.2) is 23.9 Å². The van der Waals surface area contributed by atoms with E-state index in [2.05, 4.69) is 10.3 Å². The van der Waals surface area contributed by atoms with E-state index in [-0.39, 0.29) is 0 Å². The van der Waals surface area contributed by atoms with Crippen LogP contribution >= 0.6 is 11.6 Å². The second kappa shape index (κ2) is 7.07. The molecular formula is C19H18ClN3O2. The highest BCUT2D eigenvalue weighted by molar-refractivity contribution is 6.31. The molecule has 0 saturated heterocycles. The third-order valence-electron chi connectivity index (χ3n) is 3.98. The molecule has 0 radical (unpaired) electrons. The van der Waals surface area contributed by atoms with Crippen LogP contribution in [0.25, 0.3) is 0 Å². The SMILES string of the molecule is COC(=O)C1=C(C)NC(c2cccc(C)n2)=NC1c1ccccc1Cl. The quantitative estimate of drug-likeness (QED) is 0.855. The van der Waals surface area contributed by atoms with Crippen molar-refractivity contribution in [3.05, 3.63) is 75.7 Å². The van der Waals surface area contributed by atoms with Gasteiger partial charge < -0.3 is 10.1 Å². The third kappa shape index (κ3) is 3.42. The Morgan fingerprint density at radius 2 is 1.92 bits per heavy atom. The number of aromatic nitrogens is 1. The maximum absolute atomic E-state index is 12.3. The van der Waals surface area contributed by atoms with E-state index in [9.17, 15) is 4.79 Å². The molecule has 3 rings (SSSR count). The van der Waals surface area contributed by atoms with Gasteiger partial charge in [-0.1, -0.05) is 35.9 Å². The maximum atomic E-state index is 12.3. The lowest BCUT2D eigenvalue weighted by molar-refractivity contribution is -0.136. The van der Waals surface area contributed by atoms with Crippen LogP contribution in [0.15, 0.2) is 58.7 Å². The summed E-state index contributed by atoms with van der Waals surface area (Å²) in [6.45, 7) is 3.74. The Kier molecular flexibility index (Phi) is 4.86. The zero-order valence-corrected chi connectivity index (χ0v) is 15.0. The Labute approximate surface area is 151 Å². The van der Waals surface area contributed by atoms with E-state index in [0.717, 1.165) is 11.3 Å². The van der Waals surface area contributed by atoms with E-state index >= 15 is 0 Å². The average molecular weight is 356 g/mol. The molecule has 0 bridgehead atoms. The number of carbonyl (C=O) groups is 1. The van der Waals surface area contributed by atoms with Gasteiger partial charge in [0.2, 0.25) is 0 Å². The van der Waals surface area contributed by atoms with E-state index in [1.54, 1.807) is 6.07 Å². The number of aryl methyl sites for hydroxylation is 1. The van der Waals surface area contributed by atoms with Gasteiger partial charge in [-0.05, 0) is 32.0 Å². The molecule has 2 aromatic rings. The Balaban J connectivity index is 2.14. The highest BCUT2D eigenvalue weighted by atomic mass is 35.5. The zero-order chi connectivity index (χ0) is 18.0. The first-order valence-electron chi connectivity index (χ1n) is 7.83. The van der Waals surface area contributed by atoms with Crippen molar-refractivity contribution in [2.75, 3.05) is 7.11 Å². The normalized spacial score (nSPS) is 17.0. The molecule has 1 N–H and O–H groups in total. The number of esters is 1. The summed E-state index contributed by atoms with van der Waals surface area (Å²) in [5, 5.41) is 3.71. The fourth-order valence-corrected chi connectivity index (χ4v) is 3.02. The molecule has 5 nitrogen and oxygen atoms in total. The van der Waals surface area contributed by atoms with Gasteiger partial charge in [-0.25, -0.2) is 9.78 Å². The number of hydrogen-bond donors (Lipinski definition) is 1. The fourth-order valence-electron chi connectivity index (χ4n) is 2.78. The summed E-state index contributed by atoms with van der Waals surface area (Å²) in [6, 6.07) is 12.5. The lowest BCUT2D eigenvalue weighted by Crippen LogP contribution is -2.33. The summed E-state index contributed by atoms with van der Waals surface area (Å²) in [5.74, 6) is 0.161. The number of benzene rings is 1. The van der Waals surface area contributed by atoms with Crippen LogP contribution in [0.1, 0.15) is 29.9 Å². The molecule has 0 saturated carbocycles. The number of methoxy groups -OCH3 is 1. The van der Waals surface area contributed by atoms with E-state index in [1.165, 1.54) is 7.11 Å². The minimum atomic E-state index is -0.556. The molecule has 1 aliphatic rings. The molecule has 0 spiro atoms. The van der Waals surface area contributed by atoms with Crippen molar-refractivity contribution in [3.63, 3.8) is 0 Å². The topological polar surface area (TPSA) is 63.6 Å². The van der Waals surface area contributed by atoms with E-state index in [4.69, 9.17) is 21.3 Å². The number of pyridine rings is 1. The van der Waals surface area contributed by atoms with Crippen molar-refractivity contribution in [3.8, 4) is 0 Å². The highest BCUT2D eigenvalue weighted by Gasteiger charge is 2.31. The standard InChI is InChI=1S/C19H18ClN3O2/c1-11-7-6-10-15(21-11)18-22-12(2)16(19(24)25-3)17(23-18)13-8-4-5-9-14(13)20/h4-10,17H,1-3H3,(H,22,23). The number of hydrogen-bond acceptors (Lipinski definition) is 5. The van der Waals surface area contributed by atoms with Crippen molar-refractivity contribution >= 4 is 23.4 Å². The lowest BCUT2D eigenvalue weighted by atomic mass is 9.95. The summed E-state index contributed by atoms with van der Waals surface area (Å²) in [4.78, 5) is 21.6. The van der Waals surface area contributed by atoms with Crippen LogP contribution in [-0.2, 0) is 9.53 Å². The van der Waals surface area contributed by atoms with Gasteiger partial charge in [0.15, 0.2) is 5.84 Å². The number of halogens is 1. The predicted octanol–water partition coefficient (Wildman–Crippen LogP) is 3.58. The van der Waals surface area contributed by atoms with Crippen LogP contribution in [0, 0.1) is 6.92 Å². The van der Waals surface area contributed by atoms with Gasteiger partial charge in [-0.3, -0.25) is 4.99 Å². The maximum Gasteiger partial charge on any atom is 0.338 e. The molecule has 6 heteroatoms. The Morgan fingerprint density at radius 3 is 2.60 bits per heavy atom. The molecule has 2 heterocycles. The highest BCUT2D eigenvalue weighted by Crippen LogP contribution is 2.35. The number of allylic oxidation sites excluding steroid dienone is 1. The van der Waals surface area contributed by atoms with Crippen LogP contribution in [0.4, 0.5) is 0 Å². The van der Waals surface area contributed by atoms with Crippen molar-refractivity contribution in [2.45, 2.75) is 19.9 Å². The number of nitrogens with one attached hydrogen (secondary N) is 1. The number of nitrogens with zero attached hydrogens (tertiary/aromatic N) is 2. The largest absolute Gasteiger partial charge is 0.466 e. The van der Waals surface area contributed by atoms with Gasteiger partial charge in [0.1, 0.15) is 11.7 Å². The number of carbonyl (C=O) groups excluding carboxylic acids is 1. The molecule has 1 aliphatic heterocycles. The molecule has 128 valence electrons. The van der Waals surface area contributed by atoms with Crippen LogP contribution in [0.5, 0.6) is 0 Å². The van der Waals surface area contributed by atoms with Crippen molar-refractivity contribution in [1.82, 2.24) is 10.3 Å².